The average molecular weight is 1890 g/mol. The van der Waals surface area contributed by atoms with Gasteiger partial charge in [-0.05, 0) is 229 Å². The van der Waals surface area contributed by atoms with Crippen LogP contribution in [0, 0.1) is 95.0 Å². The molecule has 11 aromatic heterocycles. The lowest BCUT2D eigenvalue weighted by molar-refractivity contribution is -0.137. The molecule has 31 heteroatoms. The summed E-state index contributed by atoms with van der Waals surface area (Å²) in [5, 5.41) is 15.5. The standard InChI is InChI=1S/C28H18F5N3O.2C27H20F2N4O.C26H19F2N5O.CH4/c1-16-7-10-18(11-8-16)35-27(37)21-14-17(9-12-22(21)28(31,32)33)19-5-3-13-36-24(15-34-26(19)36)20-4-2-6-23(29)25(20)30;1-16-8-11-18(12-9-16)31-27(34)25-17(2)10-13-22(32-25)19-6-4-14-33-23(15-30-26(19)33)20-5-3-7-21(28)24(20)29;1-16-8-10-19(11-9-16)32-27(34)22-13-18(14-30-17(22)2)20-6-4-12-33-24(15-31-26(20)33)21-5-3-7-23(28)25(21)29;1-15-6-8-18(9-7-15)32-26(34)21-12-17(13-29-16(21)2)19-10-11-31-33-23(14-30-25(19)33)20-4-3-5-22(27)24(20)28;/h2-15H,1H3,(H,35,37);3-15H,1-2H3,(H,31,34);3-15H,1-2H3,(H,32,34);3-14H,1-2H3,(H,32,34);1H4. The molecule has 0 saturated heterocycles. The summed E-state index contributed by atoms with van der Waals surface area (Å²) in [6, 6.07) is 67.6. The topological polar surface area (TPSA) is 237 Å². The van der Waals surface area contributed by atoms with E-state index in [1.807, 2.05) is 132 Å². The molecule has 20 nitrogen and oxygen atoms in total. The van der Waals surface area contributed by atoms with E-state index in [1.54, 1.807) is 120 Å². The van der Waals surface area contributed by atoms with Crippen molar-refractivity contribution in [2.75, 3.05) is 21.3 Å². The van der Waals surface area contributed by atoms with Crippen molar-refractivity contribution in [2.45, 2.75) is 62.1 Å². The van der Waals surface area contributed by atoms with Crippen molar-refractivity contribution in [1.82, 2.24) is 57.7 Å². The number of fused-ring (bicyclic) bond motifs is 4. The first-order valence-electron chi connectivity index (χ1n) is 43.0. The van der Waals surface area contributed by atoms with Crippen molar-refractivity contribution in [3.05, 3.63) is 430 Å². The van der Waals surface area contributed by atoms with Gasteiger partial charge in [-0.1, -0.05) is 115 Å². The van der Waals surface area contributed by atoms with Gasteiger partial charge in [-0.2, -0.15) is 18.3 Å². The quantitative estimate of drug-likeness (QED) is 0.0661. The fourth-order valence-corrected chi connectivity index (χ4v) is 15.6. The Balaban J connectivity index is 0.000000134. The van der Waals surface area contributed by atoms with Crippen LogP contribution in [-0.4, -0.2) is 81.3 Å². The maximum Gasteiger partial charge on any atom is 0.417 e. The van der Waals surface area contributed by atoms with E-state index in [4.69, 9.17) is 0 Å². The van der Waals surface area contributed by atoms with Gasteiger partial charge in [0.25, 0.3) is 23.6 Å². The number of nitrogens with zero attached hydrogens (tertiary/aromatic N) is 12. The van der Waals surface area contributed by atoms with E-state index in [9.17, 15) is 67.5 Å². The second-order valence-electron chi connectivity index (χ2n) is 32.4. The van der Waals surface area contributed by atoms with Crippen LogP contribution < -0.4 is 21.3 Å². The minimum atomic E-state index is -4.76. The zero-order valence-electron chi connectivity index (χ0n) is 74.7. The summed E-state index contributed by atoms with van der Waals surface area (Å²) in [5.41, 5.74) is 16.1. The molecule has 0 fully saturated rings. The summed E-state index contributed by atoms with van der Waals surface area (Å²) >= 11 is 0. The van der Waals surface area contributed by atoms with Crippen LogP contribution in [0.15, 0.2) is 317 Å². The van der Waals surface area contributed by atoms with Gasteiger partial charge in [0.15, 0.2) is 52.2 Å². The van der Waals surface area contributed by atoms with Gasteiger partial charge in [0.1, 0.15) is 22.6 Å². The SMILES string of the molecule is C.Cc1ccc(NC(=O)c2cc(-c3cccn4c(-c5cccc(F)c5F)cnc34)ccc2C(F)(F)F)cc1.Cc1ccc(NC(=O)c2cc(-c3cccn4c(-c5cccc(F)c5F)cnc34)cnc2C)cc1.Cc1ccc(NC(=O)c2cc(-c3ccnn4c(-c5cccc(F)c5F)cnc34)cnc2C)cc1.Cc1ccc(NC(=O)c2nc(-c3cccn4c(-c5cccc(F)c5F)cnc34)ccc2C)cc1. The first kappa shape index (κ1) is 95.4. The van der Waals surface area contributed by atoms with Crippen LogP contribution in [-0.2, 0) is 6.18 Å². The third-order valence-corrected chi connectivity index (χ3v) is 22.9. The third kappa shape index (κ3) is 20.0. The van der Waals surface area contributed by atoms with Gasteiger partial charge in [0.2, 0.25) is 0 Å². The first-order chi connectivity index (χ1) is 66.9. The third-order valence-electron chi connectivity index (χ3n) is 22.9. The lowest BCUT2D eigenvalue weighted by Gasteiger charge is -2.15. The highest BCUT2D eigenvalue weighted by Gasteiger charge is 2.36. The summed E-state index contributed by atoms with van der Waals surface area (Å²) in [6.45, 7) is 13.1. The van der Waals surface area contributed by atoms with Gasteiger partial charge < -0.3 is 21.3 Å². The molecule has 0 aliphatic heterocycles. The number of imidazole rings is 4. The maximum atomic E-state index is 14.4. The average Bonchev–Trinajstić information content (AvgIpc) is 1.72. The summed E-state index contributed by atoms with van der Waals surface area (Å²) in [7, 11) is 0. The van der Waals surface area contributed by atoms with E-state index in [2.05, 4.69) is 61.3 Å². The van der Waals surface area contributed by atoms with Gasteiger partial charge in [0.05, 0.1) is 86.9 Å². The summed E-state index contributed by atoms with van der Waals surface area (Å²) < 4.78 is 161. The minimum Gasteiger partial charge on any atom is -0.322 e. The van der Waals surface area contributed by atoms with Gasteiger partial charge in [-0.3, -0.25) is 42.3 Å². The smallest absolute Gasteiger partial charge is 0.322 e. The Labute approximate surface area is 793 Å². The van der Waals surface area contributed by atoms with E-state index in [0.29, 0.717) is 135 Å². The maximum absolute atomic E-state index is 14.4. The molecule has 4 N–H and O–H groups in total. The zero-order chi connectivity index (χ0) is 97.8. The zero-order valence-corrected chi connectivity index (χ0v) is 74.7. The van der Waals surface area contributed by atoms with Crippen molar-refractivity contribution in [2.24, 2.45) is 0 Å². The molecule has 9 aromatic carbocycles. The van der Waals surface area contributed by atoms with Crippen LogP contribution in [0.25, 0.3) is 112 Å². The molecule has 0 spiro atoms. The van der Waals surface area contributed by atoms with Gasteiger partial charge in [-0.25, -0.2) is 64.6 Å². The number of carbonyl (C=O) groups is 4. The van der Waals surface area contributed by atoms with E-state index in [-0.39, 0.29) is 53.1 Å². The minimum absolute atomic E-state index is 0. The van der Waals surface area contributed by atoms with Crippen molar-refractivity contribution in [3.8, 4) is 89.7 Å². The number of amides is 4. The number of halogens is 11. The number of benzene rings is 9. The molecule has 20 aromatic rings. The van der Waals surface area contributed by atoms with Crippen LogP contribution in [0.5, 0.6) is 0 Å². The monoisotopic (exact) mass is 1890 g/mol. The Hall–Kier alpha value is -17.8. The fourth-order valence-electron chi connectivity index (χ4n) is 15.6. The highest BCUT2D eigenvalue weighted by atomic mass is 19.4. The van der Waals surface area contributed by atoms with E-state index < -0.39 is 69.7 Å². The number of rotatable bonds is 16. The molecule has 20 rings (SSSR count). The fraction of sp³-hybridized carbons (Fsp3) is 0.0826. The summed E-state index contributed by atoms with van der Waals surface area (Å²) in [4.78, 5) is 82.9. The molecule has 11 heterocycles. The molecule has 4 amide bonds. The molecule has 0 aliphatic rings. The largest absolute Gasteiger partial charge is 0.417 e. The normalized spacial score (nSPS) is 11.1. The predicted octanol–water partition coefficient (Wildman–Crippen LogP) is 26.2. The second kappa shape index (κ2) is 40.4. The number of aromatic nitrogens is 12. The molecule has 0 atom stereocenters. The molecular weight excluding hydrogens is 1810 g/mol. The second-order valence-corrected chi connectivity index (χ2v) is 32.4. The van der Waals surface area contributed by atoms with E-state index >= 15 is 0 Å². The molecule has 0 bridgehead atoms. The van der Waals surface area contributed by atoms with Crippen molar-refractivity contribution < 1.29 is 67.5 Å². The molecule has 0 aliphatic carbocycles. The Morgan fingerprint density at radius 2 is 0.636 bits per heavy atom. The summed E-state index contributed by atoms with van der Waals surface area (Å²) in [6.07, 6.45) is 10.9. The molecule has 140 heavy (non-hydrogen) atoms. The number of pyridine rings is 6. The number of aryl methyl sites for hydroxylation is 7. The number of hydrogen-bond donors (Lipinski definition) is 4. The Bertz CT molecular complexity index is 7610. The number of carbonyl (C=O) groups excluding carboxylic acids is 4. The summed E-state index contributed by atoms with van der Waals surface area (Å²) in [5.74, 6) is -9.48. The van der Waals surface area contributed by atoms with Crippen LogP contribution in [0.1, 0.15) is 93.8 Å². The first-order valence-corrected chi connectivity index (χ1v) is 43.0. The van der Waals surface area contributed by atoms with Crippen molar-refractivity contribution in [3.63, 3.8) is 0 Å². The van der Waals surface area contributed by atoms with Gasteiger partial charge >= 0.3 is 6.18 Å². The number of anilines is 4. The number of hydrogen-bond acceptors (Lipinski definition) is 12. The van der Waals surface area contributed by atoms with Crippen molar-refractivity contribution in [1.29, 1.82) is 0 Å². The van der Waals surface area contributed by atoms with E-state index in [1.165, 1.54) is 94.5 Å². The molecule has 0 saturated carbocycles. The lowest BCUT2D eigenvalue weighted by Crippen LogP contribution is -2.19. The Morgan fingerprint density at radius 3 is 1.04 bits per heavy atom. The van der Waals surface area contributed by atoms with Crippen LogP contribution in [0.4, 0.5) is 71.0 Å². The van der Waals surface area contributed by atoms with Crippen LogP contribution >= 0.6 is 0 Å². The predicted molar refractivity (Wildman–Crippen MR) is 518 cm³/mol. The van der Waals surface area contributed by atoms with Gasteiger partial charge in [0, 0.05) is 116 Å². The number of nitrogens with one attached hydrogen (secondary N) is 4. The Morgan fingerprint density at radius 1 is 0.307 bits per heavy atom. The highest BCUT2D eigenvalue weighted by Crippen LogP contribution is 2.40. The lowest BCUT2D eigenvalue weighted by atomic mass is 9.98. The molecule has 0 radical (unpaired) electrons. The molecule has 0 unspecified atom stereocenters. The van der Waals surface area contributed by atoms with E-state index in [0.717, 1.165) is 64.2 Å². The molecule has 698 valence electrons. The Kier molecular flexibility index (Phi) is 27.5. The highest BCUT2D eigenvalue weighted by molar-refractivity contribution is 6.09. The number of alkyl halides is 3. The van der Waals surface area contributed by atoms with Gasteiger partial charge in [-0.15, -0.1) is 0 Å². The van der Waals surface area contributed by atoms with Crippen LogP contribution in [0.2, 0.25) is 0 Å². The molecular formula is C109H81F11N16O4. The van der Waals surface area contributed by atoms with Crippen molar-refractivity contribution >= 4 is 69.0 Å². The van der Waals surface area contributed by atoms with Crippen LogP contribution in [0.3, 0.4) is 0 Å².